The van der Waals surface area contributed by atoms with Crippen molar-refractivity contribution in [3.8, 4) is 0 Å². The normalized spacial score (nSPS) is 12.2. The topological polar surface area (TPSA) is 12.0 Å². The van der Waals surface area contributed by atoms with E-state index in [9.17, 15) is 0 Å². The molecule has 0 saturated carbocycles. The summed E-state index contributed by atoms with van der Waals surface area (Å²) in [6.07, 6.45) is 5.02. The second-order valence-electron chi connectivity index (χ2n) is 5.40. The largest absolute Gasteiger partial charge is 0.319 e. The number of rotatable bonds is 8. The number of hydrogen-bond acceptors (Lipinski definition) is 1. The molecule has 1 atom stereocenters. The zero-order valence-corrected chi connectivity index (χ0v) is 12.4. The fourth-order valence-electron chi connectivity index (χ4n) is 2.72. The van der Waals surface area contributed by atoms with Gasteiger partial charge in [-0.3, -0.25) is 0 Å². The maximum Gasteiger partial charge on any atom is 0.00171 e. The fraction of sp³-hybridized carbons (Fsp3) is 0.368. The van der Waals surface area contributed by atoms with Crippen molar-refractivity contribution in [2.24, 2.45) is 0 Å². The van der Waals surface area contributed by atoms with Gasteiger partial charge in [-0.1, -0.05) is 67.1 Å². The first-order chi connectivity index (χ1) is 9.90. The molecule has 20 heavy (non-hydrogen) atoms. The summed E-state index contributed by atoms with van der Waals surface area (Å²) in [4.78, 5) is 0. The molecule has 106 valence electrons. The van der Waals surface area contributed by atoms with Crippen molar-refractivity contribution in [2.45, 2.75) is 31.6 Å². The van der Waals surface area contributed by atoms with Crippen LogP contribution in [0.3, 0.4) is 0 Å². The van der Waals surface area contributed by atoms with E-state index in [1.54, 1.807) is 0 Å². The molecular formula is C19H25N. The van der Waals surface area contributed by atoms with Gasteiger partial charge in [0, 0.05) is 6.54 Å². The third-order valence-corrected chi connectivity index (χ3v) is 3.83. The van der Waals surface area contributed by atoms with Crippen LogP contribution in [0.1, 0.15) is 36.3 Å². The van der Waals surface area contributed by atoms with E-state index in [-0.39, 0.29) is 0 Å². The van der Waals surface area contributed by atoms with Crippen LogP contribution in [0.5, 0.6) is 0 Å². The molecule has 1 nitrogen and oxygen atoms in total. The molecule has 0 bridgehead atoms. The molecule has 1 N–H and O–H groups in total. The van der Waals surface area contributed by atoms with Crippen LogP contribution in [0.15, 0.2) is 60.7 Å². The second kappa shape index (κ2) is 8.55. The Labute approximate surface area is 123 Å². The first-order valence-electron chi connectivity index (χ1n) is 7.63. The Morgan fingerprint density at radius 1 is 0.850 bits per heavy atom. The van der Waals surface area contributed by atoms with Crippen LogP contribution in [0.4, 0.5) is 0 Å². The van der Waals surface area contributed by atoms with Gasteiger partial charge in [-0.2, -0.15) is 0 Å². The van der Waals surface area contributed by atoms with Gasteiger partial charge in [0.25, 0.3) is 0 Å². The molecule has 0 aliphatic carbocycles. The van der Waals surface area contributed by atoms with Crippen molar-refractivity contribution in [3.63, 3.8) is 0 Å². The predicted octanol–water partition coefficient (Wildman–Crippen LogP) is 4.40. The zero-order chi connectivity index (χ0) is 14.0. The number of aryl methyl sites for hydroxylation is 1. The average molecular weight is 267 g/mol. The second-order valence-corrected chi connectivity index (χ2v) is 5.40. The van der Waals surface area contributed by atoms with Gasteiger partial charge in [0.1, 0.15) is 0 Å². The summed E-state index contributed by atoms with van der Waals surface area (Å²) in [5.41, 5.74) is 2.92. The van der Waals surface area contributed by atoms with Crippen molar-refractivity contribution in [3.05, 3.63) is 71.8 Å². The number of unbranched alkanes of at least 4 members (excludes halogenated alkanes) is 1. The number of benzene rings is 2. The summed E-state index contributed by atoms with van der Waals surface area (Å²) in [6.45, 7) is 1.06. The summed E-state index contributed by atoms with van der Waals surface area (Å²) in [6, 6.07) is 21.7. The van der Waals surface area contributed by atoms with E-state index in [0.717, 1.165) is 6.54 Å². The number of likely N-dealkylation sites (N-methyl/N-ethyl adjacent to an activating group) is 1. The first kappa shape index (κ1) is 14.8. The Balaban J connectivity index is 1.78. The Morgan fingerprint density at radius 2 is 1.50 bits per heavy atom. The average Bonchev–Trinajstić information content (AvgIpc) is 2.52. The van der Waals surface area contributed by atoms with Gasteiger partial charge in [0.2, 0.25) is 0 Å². The molecule has 2 aromatic rings. The molecule has 0 heterocycles. The van der Waals surface area contributed by atoms with Crippen molar-refractivity contribution >= 4 is 0 Å². The summed E-state index contributed by atoms with van der Waals surface area (Å²) in [5.74, 6) is 0.636. The molecule has 1 heteroatoms. The van der Waals surface area contributed by atoms with Crippen LogP contribution in [-0.2, 0) is 6.42 Å². The Morgan fingerprint density at radius 3 is 2.15 bits per heavy atom. The van der Waals surface area contributed by atoms with Gasteiger partial charge in [0.15, 0.2) is 0 Å². The lowest BCUT2D eigenvalue weighted by Gasteiger charge is -2.17. The van der Waals surface area contributed by atoms with Gasteiger partial charge in [-0.05, 0) is 43.4 Å². The highest BCUT2D eigenvalue weighted by Crippen LogP contribution is 2.21. The predicted molar refractivity (Wildman–Crippen MR) is 87.1 cm³/mol. The number of hydrogen-bond donors (Lipinski definition) is 1. The van der Waals surface area contributed by atoms with E-state index < -0.39 is 0 Å². The Hall–Kier alpha value is -1.60. The maximum atomic E-state index is 3.32. The zero-order valence-electron chi connectivity index (χ0n) is 12.4. The molecule has 0 fully saturated rings. The quantitative estimate of drug-likeness (QED) is 0.699. The Kier molecular flexibility index (Phi) is 6.33. The monoisotopic (exact) mass is 267 g/mol. The lowest BCUT2D eigenvalue weighted by atomic mass is 9.92. The molecule has 0 aliphatic rings. The molecule has 0 aliphatic heterocycles. The van der Waals surface area contributed by atoms with Crippen LogP contribution >= 0.6 is 0 Å². The highest BCUT2D eigenvalue weighted by Gasteiger charge is 2.09. The number of nitrogens with one attached hydrogen (secondary N) is 1. The minimum Gasteiger partial charge on any atom is -0.319 e. The summed E-state index contributed by atoms with van der Waals surface area (Å²) in [5, 5.41) is 3.32. The Bertz CT molecular complexity index is 464. The highest BCUT2D eigenvalue weighted by atomic mass is 14.8. The van der Waals surface area contributed by atoms with Gasteiger partial charge in [0.05, 0.1) is 0 Å². The van der Waals surface area contributed by atoms with E-state index in [1.165, 1.54) is 36.8 Å². The smallest absolute Gasteiger partial charge is 0.00171 e. The lowest BCUT2D eigenvalue weighted by molar-refractivity contribution is 0.545. The summed E-state index contributed by atoms with van der Waals surface area (Å²) in [7, 11) is 2.04. The molecule has 0 amide bonds. The third kappa shape index (κ3) is 4.82. The lowest BCUT2D eigenvalue weighted by Crippen LogP contribution is -2.17. The molecule has 0 saturated heterocycles. The molecule has 0 spiro atoms. The van der Waals surface area contributed by atoms with Crippen molar-refractivity contribution in [1.29, 1.82) is 0 Å². The summed E-state index contributed by atoms with van der Waals surface area (Å²) < 4.78 is 0. The SMILES string of the molecule is CNCC(CCCCc1ccccc1)c1ccccc1. The highest BCUT2D eigenvalue weighted by molar-refractivity contribution is 5.20. The molecule has 2 rings (SSSR count). The van der Waals surface area contributed by atoms with Gasteiger partial charge in [-0.15, -0.1) is 0 Å². The van der Waals surface area contributed by atoms with Crippen LogP contribution in [0, 0.1) is 0 Å². The van der Waals surface area contributed by atoms with E-state index >= 15 is 0 Å². The van der Waals surface area contributed by atoms with Gasteiger partial charge < -0.3 is 5.32 Å². The molecule has 1 unspecified atom stereocenters. The minimum atomic E-state index is 0.636. The van der Waals surface area contributed by atoms with Crippen molar-refractivity contribution < 1.29 is 0 Å². The molecule has 0 aromatic heterocycles. The standard InChI is InChI=1S/C19H25N/c1-20-16-19(18-13-6-3-7-14-18)15-9-8-12-17-10-4-2-5-11-17/h2-7,10-11,13-14,19-20H,8-9,12,15-16H2,1H3. The summed E-state index contributed by atoms with van der Waals surface area (Å²) >= 11 is 0. The van der Waals surface area contributed by atoms with E-state index in [4.69, 9.17) is 0 Å². The van der Waals surface area contributed by atoms with Crippen LogP contribution in [-0.4, -0.2) is 13.6 Å². The van der Waals surface area contributed by atoms with E-state index in [2.05, 4.69) is 66.0 Å². The molecule has 2 aromatic carbocycles. The van der Waals surface area contributed by atoms with Crippen molar-refractivity contribution in [2.75, 3.05) is 13.6 Å². The minimum absolute atomic E-state index is 0.636. The maximum absolute atomic E-state index is 3.32. The first-order valence-corrected chi connectivity index (χ1v) is 7.63. The molecule has 0 radical (unpaired) electrons. The third-order valence-electron chi connectivity index (χ3n) is 3.83. The van der Waals surface area contributed by atoms with E-state index in [0.29, 0.717) is 5.92 Å². The van der Waals surface area contributed by atoms with Crippen LogP contribution in [0.2, 0.25) is 0 Å². The van der Waals surface area contributed by atoms with Gasteiger partial charge in [-0.25, -0.2) is 0 Å². The van der Waals surface area contributed by atoms with Gasteiger partial charge >= 0.3 is 0 Å². The fourth-order valence-corrected chi connectivity index (χ4v) is 2.72. The molecular weight excluding hydrogens is 242 g/mol. The van der Waals surface area contributed by atoms with Crippen LogP contribution < -0.4 is 5.32 Å². The van der Waals surface area contributed by atoms with Crippen LogP contribution in [0.25, 0.3) is 0 Å². The van der Waals surface area contributed by atoms with Crippen molar-refractivity contribution in [1.82, 2.24) is 5.32 Å². The van der Waals surface area contributed by atoms with E-state index in [1.807, 2.05) is 7.05 Å².